The minimum atomic E-state index is -0.886. The molecule has 0 aliphatic carbocycles. The molecule has 0 amide bonds. The van der Waals surface area contributed by atoms with Crippen molar-refractivity contribution in [1.29, 1.82) is 5.26 Å². The van der Waals surface area contributed by atoms with E-state index in [2.05, 4.69) is 11.1 Å². The van der Waals surface area contributed by atoms with Crippen LogP contribution in [0.4, 0.5) is 0 Å². The normalized spacial score (nSPS) is 12.2. The van der Waals surface area contributed by atoms with Crippen molar-refractivity contribution in [2.24, 2.45) is 0 Å². The Hall–Kier alpha value is -2.64. The first-order valence-electron chi connectivity index (χ1n) is 6.27. The van der Waals surface area contributed by atoms with Crippen LogP contribution < -0.4 is 0 Å². The van der Waals surface area contributed by atoms with Crippen LogP contribution in [0.2, 0.25) is 0 Å². The summed E-state index contributed by atoms with van der Waals surface area (Å²) >= 11 is 0. The minimum Gasteiger partial charge on any atom is -0.437 e. The number of fused-ring (bicyclic) bond motifs is 1. The number of aliphatic hydroxyl groups is 1. The lowest BCUT2D eigenvalue weighted by atomic mass is 10.1. The minimum absolute atomic E-state index is 0.264. The molecule has 1 atom stereocenters. The summed E-state index contributed by atoms with van der Waals surface area (Å²) in [5.74, 6) is 0.264. The molecular weight excluding hydrogens is 252 g/mol. The summed E-state index contributed by atoms with van der Waals surface area (Å²) in [4.78, 5) is 4.31. The number of benzene rings is 2. The smallest absolute Gasteiger partial charge is 0.228 e. The maximum atomic E-state index is 10.3. The molecule has 3 rings (SSSR count). The Morgan fingerprint density at radius 3 is 2.75 bits per heavy atom. The predicted octanol–water partition coefficient (Wildman–Crippen LogP) is 2.98. The van der Waals surface area contributed by atoms with E-state index >= 15 is 0 Å². The van der Waals surface area contributed by atoms with Gasteiger partial charge in [0.15, 0.2) is 11.7 Å². The van der Waals surface area contributed by atoms with Gasteiger partial charge in [0.05, 0.1) is 12.5 Å². The first kappa shape index (κ1) is 12.4. The second-order valence-electron chi connectivity index (χ2n) is 4.50. The molecule has 0 spiro atoms. The van der Waals surface area contributed by atoms with Crippen LogP contribution in [0.5, 0.6) is 0 Å². The van der Waals surface area contributed by atoms with Crippen molar-refractivity contribution in [3.63, 3.8) is 0 Å². The summed E-state index contributed by atoms with van der Waals surface area (Å²) in [6, 6.07) is 16.7. The van der Waals surface area contributed by atoms with Gasteiger partial charge in [0.1, 0.15) is 5.52 Å². The van der Waals surface area contributed by atoms with Crippen molar-refractivity contribution in [3.05, 3.63) is 65.5 Å². The monoisotopic (exact) mass is 264 g/mol. The van der Waals surface area contributed by atoms with Crippen molar-refractivity contribution in [1.82, 2.24) is 4.98 Å². The fourth-order valence-electron chi connectivity index (χ4n) is 2.09. The molecule has 0 saturated heterocycles. The molecular formula is C16H12N2O2. The Kier molecular flexibility index (Phi) is 3.20. The van der Waals surface area contributed by atoms with Crippen LogP contribution in [-0.4, -0.2) is 10.1 Å². The van der Waals surface area contributed by atoms with Crippen LogP contribution >= 0.6 is 0 Å². The molecule has 0 aliphatic heterocycles. The zero-order valence-corrected chi connectivity index (χ0v) is 10.7. The first-order valence-corrected chi connectivity index (χ1v) is 6.27. The Balaban J connectivity index is 1.99. The van der Waals surface area contributed by atoms with Gasteiger partial charge in [-0.15, -0.1) is 0 Å². The van der Waals surface area contributed by atoms with Crippen LogP contribution in [-0.2, 0) is 6.42 Å². The van der Waals surface area contributed by atoms with E-state index in [0.717, 1.165) is 11.1 Å². The van der Waals surface area contributed by atoms with Crippen LogP contribution in [0, 0.1) is 11.3 Å². The fourth-order valence-corrected chi connectivity index (χ4v) is 2.09. The van der Waals surface area contributed by atoms with Crippen molar-refractivity contribution < 1.29 is 9.52 Å². The van der Waals surface area contributed by atoms with E-state index in [1.54, 1.807) is 6.07 Å². The van der Waals surface area contributed by atoms with Crippen molar-refractivity contribution in [2.45, 2.75) is 12.5 Å². The lowest BCUT2D eigenvalue weighted by molar-refractivity contribution is 0.185. The third kappa shape index (κ3) is 2.27. The number of oxazole rings is 1. The Labute approximate surface area is 115 Å². The SMILES string of the molecule is N#CCc1ccc2oc(C(O)c3ccccc3)nc2c1. The molecule has 1 heterocycles. The Morgan fingerprint density at radius 1 is 1.20 bits per heavy atom. The number of hydrogen-bond donors (Lipinski definition) is 1. The Morgan fingerprint density at radius 2 is 2.00 bits per heavy atom. The van der Waals surface area contributed by atoms with Gasteiger partial charge in [-0.3, -0.25) is 0 Å². The molecule has 0 radical (unpaired) electrons. The van der Waals surface area contributed by atoms with Gasteiger partial charge in [-0.1, -0.05) is 36.4 Å². The van der Waals surface area contributed by atoms with E-state index in [0.29, 0.717) is 17.5 Å². The highest BCUT2D eigenvalue weighted by molar-refractivity contribution is 5.73. The summed E-state index contributed by atoms with van der Waals surface area (Å²) < 4.78 is 5.57. The first-order chi connectivity index (χ1) is 9.78. The van der Waals surface area contributed by atoms with E-state index in [-0.39, 0.29) is 5.89 Å². The zero-order valence-electron chi connectivity index (χ0n) is 10.7. The molecule has 0 saturated carbocycles. The van der Waals surface area contributed by atoms with Crippen molar-refractivity contribution in [2.75, 3.05) is 0 Å². The van der Waals surface area contributed by atoms with E-state index in [9.17, 15) is 5.11 Å². The molecule has 0 bridgehead atoms. The lowest BCUT2D eigenvalue weighted by Crippen LogP contribution is -1.99. The Bertz CT molecular complexity index is 772. The largest absolute Gasteiger partial charge is 0.437 e. The molecule has 0 fully saturated rings. The molecule has 4 heteroatoms. The maximum Gasteiger partial charge on any atom is 0.228 e. The van der Waals surface area contributed by atoms with E-state index < -0.39 is 6.10 Å². The molecule has 1 aromatic heterocycles. The van der Waals surface area contributed by atoms with Crippen molar-refractivity contribution >= 4 is 11.1 Å². The van der Waals surface area contributed by atoms with Gasteiger partial charge >= 0.3 is 0 Å². The zero-order chi connectivity index (χ0) is 13.9. The van der Waals surface area contributed by atoms with Crippen molar-refractivity contribution in [3.8, 4) is 6.07 Å². The van der Waals surface area contributed by atoms with Crippen LogP contribution in [0.25, 0.3) is 11.1 Å². The van der Waals surface area contributed by atoms with Gasteiger partial charge < -0.3 is 9.52 Å². The second-order valence-corrected chi connectivity index (χ2v) is 4.50. The van der Waals surface area contributed by atoms with Crippen LogP contribution in [0.3, 0.4) is 0 Å². The molecule has 98 valence electrons. The van der Waals surface area contributed by atoms with Gasteiger partial charge in [-0.25, -0.2) is 4.98 Å². The summed E-state index contributed by atoms with van der Waals surface area (Å²) in [5.41, 5.74) is 2.88. The number of aromatic nitrogens is 1. The van der Waals surface area contributed by atoms with Gasteiger partial charge in [0.2, 0.25) is 5.89 Å². The number of hydrogen-bond acceptors (Lipinski definition) is 4. The van der Waals surface area contributed by atoms with Gasteiger partial charge in [-0.2, -0.15) is 5.26 Å². The summed E-state index contributed by atoms with van der Waals surface area (Å²) in [6.07, 6.45) is -0.553. The summed E-state index contributed by atoms with van der Waals surface area (Å²) in [6.45, 7) is 0. The van der Waals surface area contributed by atoms with E-state index in [1.807, 2.05) is 42.5 Å². The van der Waals surface area contributed by atoms with Crippen LogP contribution in [0.15, 0.2) is 52.9 Å². The van der Waals surface area contributed by atoms with Gasteiger partial charge in [0, 0.05) is 0 Å². The number of aliphatic hydroxyl groups excluding tert-OH is 1. The topological polar surface area (TPSA) is 70.0 Å². The maximum absolute atomic E-state index is 10.3. The molecule has 1 N–H and O–H groups in total. The molecule has 1 unspecified atom stereocenters. The van der Waals surface area contributed by atoms with Gasteiger partial charge in [0.25, 0.3) is 0 Å². The van der Waals surface area contributed by atoms with E-state index in [1.165, 1.54) is 0 Å². The highest BCUT2D eigenvalue weighted by atomic mass is 16.4. The lowest BCUT2D eigenvalue weighted by Gasteiger charge is -2.05. The highest BCUT2D eigenvalue weighted by Crippen LogP contribution is 2.25. The molecule has 4 nitrogen and oxygen atoms in total. The third-order valence-corrected chi connectivity index (χ3v) is 3.10. The molecule has 2 aromatic carbocycles. The van der Waals surface area contributed by atoms with Crippen LogP contribution in [0.1, 0.15) is 23.1 Å². The number of nitrogens with zero attached hydrogens (tertiary/aromatic N) is 2. The third-order valence-electron chi connectivity index (χ3n) is 3.10. The molecule has 3 aromatic rings. The quantitative estimate of drug-likeness (QED) is 0.789. The molecule has 20 heavy (non-hydrogen) atoms. The number of nitriles is 1. The second kappa shape index (κ2) is 5.16. The number of rotatable bonds is 3. The molecule has 0 aliphatic rings. The fraction of sp³-hybridized carbons (Fsp3) is 0.125. The average Bonchev–Trinajstić information content (AvgIpc) is 2.91. The highest BCUT2D eigenvalue weighted by Gasteiger charge is 2.17. The predicted molar refractivity (Wildman–Crippen MR) is 73.8 cm³/mol. The summed E-state index contributed by atoms with van der Waals surface area (Å²) in [7, 11) is 0. The van der Waals surface area contributed by atoms with Gasteiger partial charge in [-0.05, 0) is 23.3 Å². The summed E-state index contributed by atoms with van der Waals surface area (Å²) in [5, 5.41) is 19.0. The van der Waals surface area contributed by atoms with E-state index in [4.69, 9.17) is 9.68 Å². The average molecular weight is 264 g/mol. The standard InChI is InChI=1S/C16H12N2O2/c17-9-8-11-6-7-14-13(10-11)18-16(20-14)15(19)12-4-2-1-3-5-12/h1-7,10,15,19H,8H2.